The molecule has 1 aliphatic heterocycles. The lowest BCUT2D eigenvalue weighted by atomic mass is 9.73. The molecule has 0 aromatic carbocycles. The minimum Gasteiger partial charge on any atom is -0.504 e. The second-order valence-corrected chi connectivity index (χ2v) is 6.34. The maximum absolute atomic E-state index is 11.8. The minimum atomic E-state index is -0.364. The van der Waals surface area contributed by atoms with Crippen molar-refractivity contribution >= 4 is 11.8 Å². The van der Waals surface area contributed by atoms with Crippen LogP contribution in [0, 0.1) is 17.3 Å². The molecule has 102 valence electrons. The molecule has 0 radical (unpaired) electrons. The van der Waals surface area contributed by atoms with E-state index in [1.165, 1.54) is 0 Å². The van der Waals surface area contributed by atoms with E-state index in [0.717, 1.165) is 5.57 Å². The van der Waals surface area contributed by atoms with Crippen LogP contribution in [-0.2, 0) is 14.3 Å². The van der Waals surface area contributed by atoms with E-state index in [2.05, 4.69) is 6.58 Å². The average molecular weight is 262 g/mol. The van der Waals surface area contributed by atoms with E-state index in [0.29, 0.717) is 24.8 Å². The first-order chi connectivity index (χ1) is 8.83. The number of hydrogen-bond acceptors (Lipinski definition) is 4. The summed E-state index contributed by atoms with van der Waals surface area (Å²) < 4.78 is 5.37. The van der Waals surface area contributed by atoms with Crippen molar-refractivity contribution in [1.29, 1.82) is 0 Å². The Morgan fingerprint density at radius 3 is 2.79 bits per heavy atom. The number of carbonyl (C=O) groups is 2. The Kier molecular flexibility index (Phi) is 2.43. The summed E-state index contributed by atoms with van der Waals surface area (Å²) >= 11 is 0. The molecule has 0 amide bonds. The van der Waals surface area contributed by atoms with Crippen molar-refractivity contribution in [3.05, 3.63) is 23.5 Å². The van der Waals surface area contributed by atoms with E-state index in [9.17, 15) is 14.7 Å². The number of carbonyl (C=O) groups excluding carboxylic acids is 2. The van der Waals surface area contributed by atoms with Crippen molar-refractivity contribution in [3.63, 3.8) is 0 Å². The van der Waals surface area contributed by atoms with Crippen molar-refractivity contribution in [2.45, 2.75) is 39.2 Å². The van der Waals surface area contributed by atoms with Crippen LogP contribution in [0.15, 0.2) is 23.5 Å². The van der Waals surface area contributed by atoms with Crippen LogP contribution in [-0.4, -0.2) is 23.0 Å². The Labute approximate surface area is 112 Å². The summed E-state index contributed by atoms with van der Waals surface area (Å²) in [7, 11) is 0. The van der Waals surface area contributed by atoms with E-state index in [4.69, 9.17) is 4.74 Å². The molecule has 3 rings (SSSR count). The molecule has 0 aromatic heterocycles. The monoisotopic (exact) mass is 262 g/mol. The van der Waals surface area contributed by atoms with E-state index in [1.807, 2.05) is 13.8 Å². The molecule has 3 aliphatic rings. The van der Waals surface area contributed by atoms with Gasteiger partial charge < -0.3 is 9.84 Å². The van der Waals surface area contributed by atoms with Gasteiger partial charge in [-0.1, -0.05) is 20.4 Å². The number of fused-ring (bicyclic) bond motifs is 2. The van der Waals surface area contributed by atoms with Crippen LogP contribution in [0.25, 0.3) is 0 Å². The number of aliphatic hydroxyl groups is 1. The van der Waals surface area contributed by atoms with Gasteiger partial charge in [0, 0.05) is 23.3 Å². The summed E-state index contributed by atoms with van der Waals surface area (Å²) in [5, 5.41) is 10.0. The van der Waals surface area contributed by atoms with Gasteiger partial charge in [-0.2, -0.15) is 0 Å². The van der Waals surface area contributed by atoms with E-state index in [1.54, 1.807) is 0 Å². The number of rotatable bonds is 0. The Bertz CT molecular complexity index is 530. The highest BCUT2D eigenvalue weighted by Gasteiger charge is 2.53. The van der Waals surface area contributed by atoms with Gasteiger partial charge in [-0.15, -0.1) is 0 Å². The summed E-state index contributed by atoms with van der Waals surface area (Å²) in [6, 6.07) is 0. The van der Waals surface area contributed by atoms with Gasteiger partial charge in [0.1, 0.15) is 6.10 Å². The van der Waals surface area contributed by atoms with Crippen molar-refractivity contribution in [1.82, 2.24) is 0 Å². The molecule has 4 nitrogen and oxygen atoms in total. The first-order valence-corrected chi connectivity index (χ1v) is 6.70. The summed E-state index contributed by atoms with van der Waals surface area (Å²) in [5.74, 6) is -0.543. The second kappa shape index (κ2) is 3.71. The minimum absolute atomic E-state index is 0.0313. The third-order valence-electron chi connectivity index (χ3n) is 4.89. The fourth-order valence-corrected chi connectivity index (χ4v) is 4.07. The second-order valence-electron chi connectivity index (χ2n) is 6.34. The average Bonchev–Trinajstić information content (AvgIpc) is 2.63. The van der Waals surface area contributed by atoms with Gasteiger partial charge in [0.05, 0.1) is 0 Å². The smallest absolute Gasteiger partial charge is 0.334 e. The molecule has 19 heavy (non-hydrogen) atoms. The molecule has 2 fully saturated rings. The number of hydrogen-bond donors (Lipinski definition) is 1. The molecule has 1 saturated carbocycles. The fraction of sp³-hybridized carbons (Fsp3) is 0.600. The Morgan fingerprint density at radius 2 is 2.11 bits per heavy atom. The molecule has 0 bridgehead atoms. The molecule has 0 unspecified atom stereocenters. The first-order valence-electron chi connectivity index (χ1n) is 6.70. The summed E-state index contributed by atoms with van der Waals surface area (Å²) in [4.78, 5) is 23.4. The highest BCUT2D eigenvalue weighted by Crippen LogP contribution is 2.54. The Balaban J connectivity index is 2.05. The number of ether oxygens (including phenoxy) is 1. The number of ketones is 1. The molecule has 4 atom stereocenters. The van der Waals surface area contributed by atoms with E-state index < -0.39 is 0 Å². The third-order valence-corrected chi connectivity index (χ3v) is 4.89. The van der Waals surface area contributed by atoms with Gasteiger partial charge in [0.15, 0.2) is 11.5 Å². The normalized spacial score (nSPS) is 42.0. The maximum Gasteiger partial charge on any atom is 0.334 e. The van der Waals surface area contributed by atoms with Crippen LogP contribution in [0.3, 0.4) is 0 Å². The van der Waals surface area contributed by atoms with Crippen LogP contribution in [0.2, 0.25) is 0 Å². The van der Waals surface area contributed by atoms with Crippen LogP contribution >= 0.6 is 0 Å². The van der Waals surface area contributed by atoms with Gasteiger partial charge in [-0.3, -0.25) is 4.79 Å². The Morgan fingerprint density at radius 1 is 1.42 bits per heavy atom. The predicted molar refractivity (Wildman–Crippen MR) is 68.3 cm³/mol. The Hall–Kier alpha value is -1.58. The SMILES string of the molecule is C=C1C(=O)O[C@@H]2C[C@@H](C)C3=C(O)C(=O)C[C@@]3(C)C[C@@H]12. The van der Waals surface area contributed by atoms with Crippen molar-refractivity contribution < 1.29 is 19.4 Å². The fourth-order valence-electron chi connectivity index (χ4n) is 4.07. The van der Waals surface area contributed by atoms with Crippen LogP contribution in [0.5, 0.6) is 0 Å². The first kappa shape index (κ1) is 12.5. The molecule has 0 aromatic rings. The summed E-state index contributed by atoms with van der Waals surface area (Å²) in [5.41, 5.74) is 0.992. The van der Waals surface area contributed by atoms with Gasteiger partial charge in [-0.25, -0.2) is 4.79 Å². The van der Waals surface area contributed by atoms with Gasteiger partial charge >= 0.3 is 5.97 Å². The number of Topliss-reactive ketones (excluding diaryl/α,β-unsaturated/α-hetero) is 1. The highest BCUT2D eigenvalue weighted by molar-refractivity contribution is 5.98. The quantitative estimate of drug-likeness (QED) is 0.537. The lowest BCUT2D eigenvalue weighted by molar-refractivity contribution is -0.139. The molecule has 2 aliphatic carbocycles. The molecule has 4 heteroatoms. The molecular formula is C15H18O4. The highest BCUT2D eigenvalue weighted by atomic mass is 16.6. The van der Waals surface area contributed by atoms with Crippen LogP contribution in [0.1, 0.15) is 33.1 Å². The molecule has 1 saturated heterocycles. The maximum atomic E-state index is 11.8. The van der Waals surface area contributed by atoms with Crippen LogP contribution < -0.4 is 0 Å². The van der Waals surface area contributed by atoms with Gasteiger partial charge in [0.2, 0.25) is 0 Å². The number of allylic oxidation sites excluding steroid dienone is 2. The van der Waals surface area contributed by atoms with Gasteiger partial charge in [0.25, 0.3) is 0 Å². The summed E-state index contributed by atoms with van der Waals surface area (Å²) in [6.45, 7) is 7.82. The lowest BCUT2D eigenvalue weighted by Crippen LogP contribution is -2.23. The third kappa shape index (κ3) is 1.58. The largest absolute Gasteiger partial charge is 0.504 e. The molecule has 1 heterocycles. The number of aliphatic hydroxyl groups excluding tert-OH is 1. The van der Waals surface area contributed by atoms with Gasteiger partial charge in [-0.05, 0) is 24.3 Å². The number of esters is 1. The zero-order valence-corrected chi connectivity index (χ0v) is 11.2. The van der Waals surface area contributed by atoms with Crippen molar-refractivity contribution in [3.8, 4) is 0 Å². The predicted octanol–water partition coefficient (Wildman–Crippen LogP) is 2.31. The van der Waals surface area contributed by atoms with Crippen molar-refractivity contribution in [2.75, 3.05) is 0 Å². The topological polar surface area (TPSA) is 63.6 Å². The zero-order chi connectivity index (χ0) is 13.9. The molecule has 0 spiro atoms. The molecule has 1 N–H and O–H groups in total. The van der Waals surface area contributed by atoms with E-state index >= 15 is 0 Å². The lowest BCUT2D eigenvalue weighted by Gasteiger charge is -2.29. The summed E-state index contributed by atoms with van der Waals surface area (Å²) in [6.07, 6.45) is 1.46. The molecular weight excluding hydrogens is 244 g/mol. The van der Waals surface area contributed by atoms with Crippen molar-refractivity contribution in [2.24, 2.45) is 17.3 Å². The van der Waals surface area contributed by atoms with E-state index in [-0.39, 0.29) is 40.9 Å². The zero-order valence-electron chi connectivity index (χ0n) is 11.2. The van der Waals surface area contributed by atoms with Crippen LogP contribution in [0.4, 0.5) is 0 Å². The standard InChI is InChI=1S/C15H18O4/c1-7-4-11-9(8(2)14(18)19-11)5-15(3)6-10(16)13(17)12(7)15/h7,9,11,17H,2,4-6H2,1,3H3/t7-,9+,11-,15-/m1/s1.